The molecule has 2 rings (SSSR count). The van der Waals surface area contributed by atoms with E-state index in [1.807, 2.05) is 18.2 Å². The van der Waals surface area contributed by atoms with Crippen LogP contribution in [0.4, 0.5) is 0 Å². The number of hydrogen-bond donors (Lipinski definition) is 0. The van der Waals surface area contributed by atoms with Crippen molar-refractivity contribution in [1.82, 2.24) is 4.98 Å². The predicted octanol–water partition coefficient (Wildman–Crippen LogP) is 2.69. The standard InChI is InChI=1S/C9H5ClN.W/c10-8-5-1-3-7-4-2-6-11-9(7)8;/h2-6H;/q-1;. The molecule has 0 radical (unpaired) electrons. The zero-order chi connectivity index (χ0) is 7.68. The van der Waals surface area contributed by atoms with Gasteiger partial charge in [0.25, 0.3) is 0 Å². The molecule has 0 saturated heterocycles. The van der Waals surface area contributed by atoms with Crippen LogP contribution in [0.2, 0.25) is 5.02 Å². The van der Waals surface area contributed by atoms with Crippen molar-refractivity contribution in [3.8, 4) is 0 Å². The number of benzene rings is 1. The number of rotatable bonds is 0. The first-order valence-corrected chi connectivity index (χ1v) is 3.66. The molecule has 0 fully saturated rings. The molecule has 1 heterocycles. The first kappa shape index (κ1) is 9.69. The summed E-state index contributed by atoms with van der Waals surface area (Å²) in [4.78, 5) is 4.13. The zero-order valence-corrected chi connectivity index (χ0v) is 9.81. The van der Waals surface area contributed by atoms with Crippen LogP contribution in [0.25, 0.3) is 10.9 Å². The maximum Gasteiger partial charge on any atom is 0.0240 e. The smallest absolute Gasteiger partial charge is 0.0240 e. The molecule has 3 heteroatoms. The maximum absolute atomic E-state index is 5.86. The summed E-state index contributed by atoms with van der Waals surface area (Å²) >= 11 is 5.86. The number of pyridine rings is 1. The summed E-state index contributed by atoms with van der Waals surface area (Å²) in [6, 6.07) is 10.4. The van der Waals surface area contributed by atoms with Crippen molar-refractivity contribution in [3.05, 3.63) is 41.6 Å². The second-order valence-electron chi connectivity index (χ2n) is 2.24. The first-order valence-electron chi connectivity index (χ1n) is 3.28. The van der Waals surface area contributed by atoms with Crippen LogP contribution in [-0.2, 0) is 21.1 Å². The summed E-state index contributed by atoms with van der Waals surface area (Å²) in [5, 5.41) is 1.68. The van der Waals surface area contributed by atoms with Crippen molar-refractivity contribution in [2.45, 2.75) is 0 Å². The summed E-state index contributed by atoms with van der Waals surface area (Å²) in [5.74, 6) is 0. The largest absolute Gasteiger partial charge is 0.281 e. The molecule has 2 aromatic rings. The Balaban J connectivity index is 0.000000720. The van der Waals surface area contributed by atoms with Crippen molar-refractivity contribution in [1.29, 1.82) is 0 Å². The van der Waals surface area contributed by atoms with Crippen LogP contribution in [-0.4, -0.2) is 4.98 Å². The summed E-state index contributed by atoms with van der Waals surface area (Å²) < 4.78 is 0. The third-order valence-electron chi connectivity index (χ3n) is 1.51. The van der Waals surface area contributed by atoms with E-state index in [0.29, 0.717) is 5.02 Å². The fraction of sp³-hybridized carbons (Fsp3) is 0. The molecule has 0 aliphatic rings. The van der Waals surface area contributed by atoms with Gasteiger partial charge in [-0.1, -0.05) is 6.07 Å². The van der Waals surface area contributed by atoms with Gasteiger partial charge in [0.05, 0.1) is 0 Å². The fourth-order valence-electron chi connectivity index (χ4n) is 1.01. The number of fused-ring (bicyclic) bond motifs is 1. The molecular formula is C9H5ClNW-. The molecule has 1 aromatic carbocycles. The molecule has 0 saturated carbocycles. The fourth-order valence-corrected chi connectivity index (χ4v) is 1.23. The summed E-state index contributed by atoms with van der Waals surface area (Å²) in [7, 11) is 0. The van der Waals surface area contributed by atoms with E-state index in [4.69, 9.17) is 11.6 Å². The monoisotopic (exact) mass is 346 g/mol. The second-order valence-corrected chi connectivity index (χ2v) is 2.65. The Morgan fingerprint density at radius 3 is 2.92 bits per heavy atom. The van der Waals surface area contributed by atoms with E-state index in [9.17, 15) is 0 Å². The van der Waals surface area contributed by atoms with Gasteiger partial charge in [-0.3, -0.25) is 4.98 Å². The van der Waals surface area contributed by atoms with E-state index in [1.54, 1.807) is 12.3 Å². The van der Waals surface area contributed by atoms with Gasteiger partial charge in [-0.25, -0.2) is 0 Å². The summed E-state index contributed by atoms with van der Waals surface area (Å²) in [6.45, 7) is 0. The van der Waals surface area contributed by atoms with Crippen LogP contribution in [0.1, 0.15) is 0 Å². The number of aromatic nitrogens is 1. The summed E-state index contributed by atoms with van der Waals surface area (Å²) in [5.41, 5.74) is 0.841. The Hall–Kier alpha value is -0.392. The van der Waals surface area contributed by atoms with Crippen LogP contribution < -0.4 is 0 Å². The van der Waals surface area contributed by atoms with Gasteiger partial charge < -0.3 is 0 Å². The van der Waals surface area contributed by atoms with Crippen molar-refractivity contribution in [3.63, 3.8) is 0 Å². The van der Waals surface area contributed by atoms with Crippen LogP contribution in [0.15, 0.2) is 30.5 Å². The molecule has 0 unspecified atom stereocenters. The van der Waals surface area contributed by atoms with Crippen molar-refractivity contribution < 1.29 is 21.1 Å². The summed E-state index contributed by atoms with van der Waals surface area (Å²) in [6.07, 6.45) is 1.73. The Morgan fingerprint density at radius 2 is 2.17 bits per heavy atom. The van der Waals surface area contributed by atoms with Gasteiger partial charge in [-0.2, -0.15) is 29.8 Å². The second kappa shape index (κ2) is 4.02. The third-order valence-corrected chi connectivity index (χ3v) is 1.80. The minimum atomic E-state index is 0. The van der Waals surface area contributed by atoms with Gasteiger partial charge in [0.1, 0.15) is 0 Å². The molecule has 12 heavy (non-hydrogen) atoms. The molecular weight excluding hydrogens is 341 g/mol. The van der Waals surface area contributed by atoms with Crippen molar-refractivity contribution in [2.75, 3.05) is 0 Å². The van der Waals surface area contributed by atoms with Crippen LogP contribution in [0.5, 0.6) is 0 Å². The minimum absolute atomic E-state index is 0. The Bertz CT molecular complexity index is 384. The Labute approximate surface area is 90.0 Å². The molecule has 0 atom stereocenters. The SMILES string of the molecule is Clc1c[c-]cc2cccnc12.[W]. The molecule has 0 bridgehead atoms. The van der Waals surface area contributed by atoms with E-state index < -0.39 is 0 Å². The molecule has 0 N–H and O–H groups in total. The topological polar surface area (TPSA) is 12.9 Å². The van der Waals surface area contributed by atoms with E-state index in [1.165, 1.54) is 0 Å². The average molecular weight is 346 g/mol. The number of halogens is 1. The predicted molar refractivity (Wildman–Crippen MR) is 45.6 cm³/mol. The maximum atomic E-state index is 5.86. The number of nitrogens with zero attached hydrogens (tertiary/aromatic N) is 1. The molecule has 0 aliphatic heterocycles. The van der Waals surface area contributed by atoms with E-state index in [2.05, 4.69) is 11.1 Å². The Morgan fingerprint density at radius 1 is 1.33 bits per heavy atom. The van der Waals surface area contributed by atoms with Gasteiger partial charge in [0.15, 0.2) is 0 Å². The van der Waals surface area contributed by atoms with E-state index >= 15 is 0 Å². The Kier molecular flexibility index (Phi) is 3.25. The van der Waals surface area contributed by atoms with Crippen LogP contribution >= 0.6 is 11.6 Å². The third kappa shape index (κ3) is 1.68. The number of hydrogen-bond acceptors (Lipinski definition) is 1. The van der Waals surface area contributed by atoms with Crippen LogP contribution in [0, 0.1) is 6.07 Å². The quantitative estimate of drug-likeness (QED) is 0.669. The van der Waals surface area contributed by atoms with E-state index in [0.717, 1.165) is 10.9 Å². The zero-order valence-electron chi connectivity index (χ0n) is 6.12. The average Bonchev–Trinajstić information content (AvgIpc) is 2.06. The van der Waals surface area contributed by atoms with E-state index in [-0.39, 0.29) is 21.1 Å². The molecule has 0 spiro atoms. The van der Waals surface area contributed by atoms with Gasteiger partial charge in [-0.05, 0) is 10.5 Å². The normalized spacial score (nSPS) is 9.42. The molecule has 0 amide bonds. The molecule has 1 aromatic heterocycles. The van der Waals surface area contributed by atoms with Gasteiger partial charge in [0.2, 0.25) is 0 Å². The van der Waals surface area contributed by atoms with Crippen LogP contribution in [0.3, 0.4) is 0 Å². The molecule has 60 valence electrons. The molecule has 0 aliphatic carbocycles. The minimum Gasteiger partial charge on any atom is -0.281 e. The van der Waals surface area contributed by atoms with Crippen molar-refractivity contribution in [2.24, 2.45) is 0 Å². The van der Waals surface area contributed by atoms with Gasteiger partial charge >= 0.3 is 0 Å². The van der Waals surface area contributed by atoms with Gasteiger partial charge in [0, 0.05) is 27.3 Å². The molecule has 1 nitrogen and oxygen atoms in total. The van der Waals surface area contributed by atoms with Gasteiger partial charge in [-0.15, -0.1) is 11.5 Å². The van der Waals surface area contributed by atoms with Crippen molar-refractivity contribution >= 4 is 22.5 Å². The first-order chi connectivity index (χ1) is 5.38.